The zero-order valence-electron chi connectivity index (χ0n) is 15.7. The number of benzene rings is 2. The van der Waals surface area contributed by atoms with E-state index in [9.17, 15) is 18.0 Å². The molecule has 0 saturated carbocycles. The molecule has 0 unspecified atom stereocenters. The molecule has 0 aliphatic rings. The summed E-state index contributed by atoms with van der Waals surface area (Å²) in [5.41, 5.74) is 4.47. The number of methoxy groups -OCH3 is 1. The van der Waals surface area contributed by atoms with Crippen LogP contribution in [-0.4, -0.2) is 33.4 Å². The summed E-state index contributed by atoms with van der Waals surface area (Å²) in [6, 6.07) is 7.81. The lowest BCUT2D eigenvalue weighted by atomic mass is 10.2. The smallest absolute Gasteiger partial charge is 0.271 e. The highest BCUT2D eigenvalue weighted by Gasteiger charge is 2.23. The van der Waals surface area contributed by atoms with Crippen molar-refractivity contribution in [3.8, 4) is 5.75 Å². The Morgan fingerprint density at radius 3 is 2.28 bits per heavy atom. The number of rotatable bonds is 6. The lowest BCUT2D eigenvalue weighted by molar-refractivity contribution is 0.0846. The number of sulfonamides is 1. The Kier molecular flexibility index (Phi) is 7.48. The molecule has 0 aliphatic carbocycles. The molecule has 0 bridgehead atoms. The van der Waals surface area contributed by atoms with Crippen molar-refractivity contribution >= 4 is 45.0 Å². The largest absolute Gasteiger partial charge is 0.495 e. The second-order valence-electron chi connectivity index (χ2n) is 6.17. The predicted octanol–water partition coefficient (Wildman–Crippen LogP) is 2.76. The highest BCUT2D eigenvalue weighted by molar-refractivity contribution is 7.89. The Morgan fingerprint density at radius 1 is 1.00 bits per heavy atom. The Bertz CT molecular complexity index is 1040. The number of amides is 2. The summed E-state index contributed by atoms with van der Waals surface area (Å²) in [6.07, 6.45) is 0. The van der Waals surface area contributed by atoms with Gasteiger partial charge in [0.1, 0.15) is 10.6 Å². The number of ether oxygens (including phenoxy) is 1. The van der Waals surface area contributed by atoms with Crippen LogP contribution < -0.4 is 20.3 Å². The summed E-state index contributed by atoms with van der Waals surface area (Å²) in [5.74, 6) is -1.35. The van der Waals surface area contributed by atoms with Gasteiger partial charge in [-0.15, -0.1) is 0 Å². The Labute approximate surface area is 178 Å². The quantitative estimate of drug-likeness (QED) is 0.574. The predicted molar refractivity (Wildman–Crippen MR) is 110 cm³/mol. The van der Waals surface area contributed by atoms with Crippen molar-refractivity contribution in [2.45, 2.75) is 24.8 Å². The first-order valence-corrected chi connectivity index (χ1v) is 10.5. The van der Waals surface area contributed by atoms with Crippen molar-refractivity contribution in [2.24, 2.45) is 0 Å². The van der Waals surface area contributed by atoms with Crippen molar-refractivity contribution in [3.05, 3.63) is 57.6 Å². The van der Waals surface area contributed by atoms with Gasteiger partial charge in [-0.3, -0.25) is 20.4 Å². The zero-order chi connectivity index (χ0) is 21.8. The second-order valence-corrected chi connectivity index (χ2v) is 8.70. The van der Waals surface area contributed by atoms with Crippen LogP contribution in [-0.2, 0) is 10.0 Å². The van der Waals surface area contributed by atoms with Crippen LogP contribution in [0.3, 0.4) is 0 Å². The van der Waals surface area contributed by atoms with Gasteiger partial charge in [0, 0.05) is 16.6 Å². The molecule has 0 spiro atoms. The third-order valence-corrected chi connectivity index (χ3v) is 5.81. The van der Waals surface area contributed by atoms with Crippen LogP contribution in [0.1, 0.15) is 34.6 Å². The summed E-state index contributed by atoms with van der Waals surface area (Å²) >= 11 is 11.8. The van der Waals surface area contributed by atoms with E-state index in [0.29, 0.717) is 5.02 Å². The first kappa shape index (κ1) is 23.0. The molecule has 11 heteroatoms. The van der Waals surface area contributed by atoms with E-state index in [1.165, 1.54) is 37.4 Å². The molecule has 0 atom stereocenters. The fraction of sp³-hybridized carbons (Fsp3) is 0.222. The van der Waals surface area contributed by atoms with Crippen LogP contribution in [0.15, 0.2) is 41.3 Å². The van der Waals surface area contributed by atoms with Crippen molar-refractivity contribution in [2.75, 3.05) is 7.11 Å². The minimum atomic E-state index is -3.92. The average Bonchev–Trinajstić information content (AvgIpc) is 2.66. The van der Waals surface area contributed by atoms with E-state index in [2.05, 4.69) is 15.6 Å². The Balaban J connectivity index is 2.22. The second kappa shape index (κ2) is 9.45. The molecule has 3 N–H and O–H groups in total. The number of carbonyl (C=O) groups excluding carboxylic acids is 2. The molecule has 2 aromatic carbocycles. The number of hydrogen-bond donors (Lipinski definition) is 3. The molecule has 2 amide bonds. The van der Waals surface area contributed by atoms with Gasteiger partial charge in [-0.1, -0.05) is 23.2 Å². The van der Waals surface area contributed by atoms with E-state index in [1.54, 1.807) is 13.8 Å². The van der Waals surface area contributed by atoms with Crippen LogP contribution in [0.5, 0.6) is 5.75 Å². The first-order chi connectivity index (χ1) is 13.5. The van der Waals surface area contributed by atoms with E-state index in [1.807, 2.05) is 0 Å². The molecule has 0 fully saturated rings. The highest BCUT2D eigenvalue weighted by atomic mass is 35.5. The van der Waals surface area contributed by atoms with E-state index in [-0.39, 0.29) is 32.8 Å². The third kappa shape index (κ3) is 5.83. The normalized spacial score (nSPS) is 11.2. The average molecular weight is 460 g/mol. The maximum Gasteiger partial charge on any atom is 0.271 e. The van der Waals surface area contributed by atoms with Gasteiger partial charge in [0.05, 0.1) is 17.7 Å². The van der Waals surface area contributed by atoms with Crippen LogP contribution in [0.2, 0.25) is 10.0 Å². The Hall–Kier alpha value is -2.33. The number of halogens is 2. The van der Waals surface area contributed by atoms with Gasteiger partial charge in [-0.2, -0.15) is 0 Å². The van der Waals surface area contributed by atoms with Gasteiger partial charge in [0.15, 0.2) is 0 Å². The van der Waals surface area contributed by atoms with Crippen LogP contribution in [0.25, 0.3) is 0 Å². The minimum Gasteiger partial charge on any atom is -0.495 e. The minimum absolute atomic E-state index is 0.00702. The maximum absolute atomic E-state index is 12.5. The van der Waals surface area contributed by atoms with Crippen LogP contribution in [0.4, 0.5) is 0 Å². The molecular formula is C18H19Cl2N3O5S. The molecule has 0 radical (unpaired) electrons. The molecule has 29 heavy (non-hydrogen) atoms. The van der Waals surface area contributed by atoms with Gasteiger partial charge in [0.25, 0.3) is 11.8 Å². The molecule has 0 aromatic heterocycles. The molecule has 8 nitrogen and oxygen atoms in total. The topological polar surface area (TPSA) is 114 Å². The molecule has 156 valence electrons. The van der Waals surface area contributed by atoms with E-state index < -0.39 is 21.8 Å². The number of hydrazine groups is 1. The van der Waals surface area contributed by atoms with Gasteiger partial charge in [-0.05, 0) is 50.2 Å². The standard InChI is InChI=1S/C18H19Cl2N3O5S/c1-10(2)23-29(26,27)16-8-11(4-7-15(16)28-3)17(24)21-22-18(25)13-9-12(19)5-6-14(13)20/h4-10,23H,1-3H3,(H,21,24)(H,22,25). The molecule has 2 rings (SSSR count). The summed E-state index contributed by atoms with van der Waals surface area (Å²) in [5, 5.41) is 0.451. The van der Waals surface area contributed by atoms with Gasteiger partial charge in [0.2, 0.25) is 10.0 Å². The van der Waals surface area contributed by atoms with Crippen molar-refractivity contribution in [1.82, 2.24) is 15.6 Å². The summed E-state index contributed by atoms with van der Waals surface area (Å²) in [4.78, 5) is 24.4. The molecule has 0 aliphatic heterocycles. The van der Waals surface area contributed by atoms with Crippen molar-refractivity contribution in [1.29, 1.82) is 0 Å². The third-order valence-electron chi connectivity index (χ3n) is 3.57. The van der Waals surface area contributed by atoms with Crippen LogP contribution in [0, 0.1) is 0 Å². The number of nitrogens with one attached hydrogen (secondary N) is 3. The van der Waals surface area contributed by atoms with E-state index in [0.717, 1.165) is 6.07 Å². The fourth-order valence-corrected chi connectivity index (χ4v) is 4.15. The van der Waals surface area contributed by atoms with Crippen molar-refractivity contribution < 1.29 is 22.7 Å². The number of carbonyl (C=O) groups is 2. The highest BCUT2D eigenvalue weighted by Crippen LogP contribution is 2.25. The summed E-state index contributed by atoms with van der Waals surface area (Å²) in [7, 11) is -2.60. The van der Waals surface area contributed by atoms with Gasteiger partial charge < -0.3 is 4.74 Å². The SMILES string of the molecule is COc1ccc(C(=O)NNC(=O)c2cc(Cl)ccc2Cl)cc1S(=O)(=O)NC(C)C. The molecule has 0 heterocycles. The van der Waals surface area contributed by atoms with Gasteiger partial charge in [-0.25, -0.2) is 13.1 Å². The first-order valence-electron chi connectivity index (χ1n) is 8.31. The molecular weight excluding hydrogens is 441 g/mol. The summed E-state index contributed by atoms with van der Waals surface area (Å²) in [6.45, 7) is 3.33. The summed E-state index contributed by atoms with van der Waals surface area (Å²) < 4.78 is 32.5. The monoisotopic (exact) mass is 459 g/mol. The molecule has 2 aromatic rings. The fourth-order valence-electron chi connectivity index (χ4n) is 2.33. The maximum atomic E-state index is 12.5. The molecule has 0 saturated heterocycles. The van der Waals surface area contributed by atoms with Gasteiger partial charge >= 0.3 is 0 Å². The lowest BCUT2D eigenvalue weighted by Gasteiger charge is -2.14. The number of hydrogen-bond acceptors (Lipinski definition) is 5. The Morgan fingerprint density at radius 2 is 1.66 bits per heavy atom. The van der Waals surface area contributed by atoms with Crippen LogP contribution >= 0.6 is 23.2 Å². The zero-order valence-corrected chi connectivity index (χ0v) is 18.1. The van der Waals surface area contributed by atoms with E-state index >= 15 is 0 Å². The van der Waals surface area contributed by atoms with Crippen molar-refractivity contribution in [3.63, 3.8) is 0 Å². The lowest BCUT2D eigenvalue weighted by Crippen LogP contribution is -2.41. The van der Waals surface area contributed by atoms with E-state index in [4.69, 9.17) is 27.9 Å².